The molecule has 1 N–H and O–H groups in total. The van der Waals surface area contributed by atoms with Crippen LogP contribution in [0, 0.1) is 0 Å². The van der Waals surface area contributed by atoms with E-state index < -0.39 is 9.84 Å². The van der Waals surface area contributed by atoms with E-state index in [9.17, 15) is 13.2 Å². The Morgan fingerprint density at radius 3 is 2.32 bits per heavy atom. The van der Waals surface area contributed by atoms with Gasteiger partial charge in [0.15, 0.2) is 21.3 Å². The van der Waals surface area contributed by atoms with Gasteiger partial charge in [0.25, 0.3) is 0 Å². The van der Waals surface area contributed by atoms with E-state index in [-0.39, 0.29) is 29.0 Å². The van der Waals surface area contributed by atoms with Gasteiger partial charge in [0, 0.05) is 18.5 Å². The van der Waals surface area contributed by atoms with Gasteiger partial charge in [-0.15, -0.1) is 0 Å². The summed E-state index contributed by atoms with van der Waals surface area (Å²) in [4.78, 5) is 12.2. The number of hydrogen-bond acceptors (Lipinski definition) is 5. The molecule has 1 saturated carbocycles. The van der Waals surface area contributed by atoms with E-state index in [1.54, 1.807) is 6.07 Å². The Balaban J connectivity index is 1.95. The van der Waals surface area contributed by atoms with Gasteiger partial charge in [0.05, 0.1) is 24.9 Å². The van der Waals surface area contributed by atoms with Crippen molar-refractivity contribution >= 4 is 15.7 Å². The molecule has 1 fully saturated rings. The molecule has 0 radical (unpaired) electrons. The number of ether oxygens (including phenoxy) is 2. The highest BCUT2D eigenvalue weighted by molar-refractivity contribution is 7.91. The minimum Gasteiger partial charge on any atom is -0.493 e. The smallest absolute Gasteiger partial charge is 0.221 e. The maximum Gasteiger partial charge on any atom is 0.221 e. The van der Waals surface area contributed by atoms with Gasteiger partial charge in [-0.3, -0.25) is 4.79 Å². The summed E-state index contributed by atoms with van der Waals surface area (Å²) in [6.07, 6.45) is 6.58. The number of methoxy groups -OCH3 is 2. The Bertz CT molecular complexity index is 679. The standard InChI is InChI=1S/C18H27NO5S/c1-23-16-10-9-15(13-17(16)24-2)25(21,22)12-11-18(20)19-14-7-5-3-4-6-8-14/h9-10,13-14H,3-8,11-12H2,1-2H3,(H,19,20). The first-order chi connectivity index (χ1) is 12.0. The first-order valence-corrected chi connectivity index (χ1v) is 10.4. The molecule has 0 atom stereocenters. The summed E-state index contributed by atoms with van der Waals surface area (Å²) < 4.78 is 35.2. The van der Waals surface area contributed by atoms with Gasteiger partial charge < -0.3 is 14.8 Å². The molecule has 1 aliphatic carbocycles. The van der Waals surface area contributed by atoms with E-state index in [1.165, 1.54) is 39.2 Å². The molecule has 0 aliphatic heterocycles. The van der Waals surface area contributed by atoms with Crippen LogP contribution in [0.5, 0.6) is 11.5 Å². The summed E-state index contributed by atoms with van der Waals surface area (Å²) >= 11 is 0. The van der Waals surface area contributed by atoms with Crippen molar-refractivity contribution in [1.29, 1.82) is 0 Å². The molecule has 0 bridgehead atoms. The van der Waals surface area contributed by atoms with E-state index >= 15 is 0 Å². The fourth-order valence-corrected chi connectivity index (χ4v) is 4.33. The number of rotatable bonds is 7. The molecule has 0 spiro atoms. The molecule has 0 heterocycles. The van der Waals surface area contributed by atoms with Crippen molar-refractivity contribution in [2.75, 3.05) is 20.0 Å². The van der Waals surface area contributed by atoms with Crippen LogP contribution in [0.15, 0.2) is 23.1 Å². The lowest BCUT2D eigenvalue weighted by atomic mass is 10.1. The Kier molecular flexibility index (Phi) is 7.11. The number of sulfone groups is 1. The molecule has 0 aromatic heterocycles. The third-order valence-electron chi connectivity index (χ3n) is 4.53. The average Bonchev–Trinajstić information content (AvgIpc) is 2.88. The van der Waals surface area contributed by atoms with E-state index in [1.807, 2.05) is 0 Å². The van der Waals surface area contributed by atoms with Crippen LogP contribution in [0.3, 0.4) is 0 Å². The quantitative estimate of drug-likeness (QED) is 0.747. The van der Waals surface area contributed by atoms with Crippen LogP contribution in [0.2, 0.25) is 0 Å². The molecule has 25 heavy (non-hydrogen) atoms. The SMILES string of the molecule is COc1ccc(S(=O)(=O)CCC(=O)NC2CCCCCC2)cc1OC. The van der Waals surface area contributed by atoms with E-state index in [0.717, 1.165) is 25.7 Å². The summed E-state index contributed by atoms with van der Waals surface area (Å²) in [7, 11) is -0.615. The normalized spacial score (nSPS) is 16.1. The van der Waals surface area contributed by atoms with Gasteiger partial charge in [0.1, 0.15) is 0 Å². The third-order valence-corrected chi connectivity index (χ3v) is 6.25. The molecular weight excluding hydrogens is 342 g/mol. The van der Waals surface area contributed by atoms with Gasteiger partial charge in [-0.05, 0) is 25.0 Å². The van der Waals surface area contributed by atoms with Gasteiger partial charge >= 0.3 is 0 Å². The van der Waals surface area contributed by atoms with E-state index in [0.29, 0.717) is 11.5 Å². The van der Waals surface area contributed by atoms with Crippen molar-refractivity contribution in [3.8, 4) is 11.5 Å². The van der Waals surface area contributed by atoms with E-state index in [4.69, 9.17) is 9.47 Å². The second-order valence-electron chi connectivity index (χ2n) is 6.34. The predicted octanol–water partition coefficient (Wildman–Crippen LogP) is 2.71. The van der Waals surface area contributed by atoms with Crippen molar-refractivity contribution < 1.29 is 22.7 Å². The summed E-state index contributed by atoms with van der Waals surface area (Å²) in [6, 6.07) is 4.63. The third kappa shape index (κ3) is 5.63. The number of carbonyl (C=O) groups excluding carboxylic acids is 1. The number of benzene rings is 1. The van der Waals surface area contributed by atoms with Crippen molar-refractivity contribution in [2.24, 2.45) is 0 Å². The summed E-state index contributed by atoms with van der Waals surface area (Å²) in [5.41, 5.74) is 0. The highest BCUT2D eigenvalue weighted by Gasteiger charge is 2.20. The Hall–Kier alpha value is -1.76. The Morgan fingerprint density at radius 2 is 1.72 bits per heavy atom. The fraction of sp³-hybridized carbons (Fsp3) is 0.611. The monoisotopic (exact) mass is 369 g/mol. The lowest BCUT2D eigenvalue weighted by molar-refractivity contribution is -0.121. The van der Waals surface area contributed by atoms with Crippen molar-refractivity contribution in [2.45, 2.75) is 55.9 Å². The minimum absolute atomic E-state index is 0.0345. The summed E-state index contributed by atoms with van der Waals surface area (Å²) in [5, 5.41) is 2.98. The fourth-order valence-electron chi connectivity index (χ4n) is 3.08. The minimum atomic E-state index is -3.56. The van der Waals surface area contributed by atoms with Crippen molar-refractivity contribution in [1.82, 2.24) is 5.32 Å². The summed E-state index contributed by atoms with van der Waals surface area (Å²) in [6.45, 7) is 0. The molecular formula is C18H27NO5S. The van der Waals surface area contributed by atoms with Gasteiger partial charge in [-0.25, -0.2) is 8.42 Å². The number of amides is 1. The van der Waals surface area contributed by atoms with Crippen LogP contribution in [0.25, 0.3) is 0 Å². The van der Waals surface area contributed by atoms with Crippen molar-refractivity contribution in [3.63, 3.8) is 0 Å². The van der Waals surface area contributed by atoms with Gasteiger partial charge in [-0.2, -0.15) is 0 Å². The molecule has 1 aliphatic rings. The molecule has 1 aromatic carbocycles. The Labute approximate surface area is 149 Å². The first-order valence-electron chi connectivity index (χ1n) is 8.70. The second-order valence-corrected chi connectivity index (χ2v) is 8.45. The zero-order valence-corrected chi connectivity index (χ0v) is 15.7. The molecule has 6 nitrogen and oxygen atoms in total. The molecule has 1 aromatic rings. The zero-order chi connectivity index (χ0) is 18.3. The van der Waals surface area contributed by atoms with Crippen LogP contribution in [0.1, 0.15) is 44.9 Å². The zero-order valence-electron chi connectivity index (χ0n) is 14.9. The van der Waals surface area contributed by atoms with Crippen LogP contribution < -0.4 is 14.8 Å². The topological polar surface area (TPSA) is 81.7 Å². The van der Waals surface area contributed by atoms with Crippen LogP contribution in [-0.2, 0) is 14.6 Å². The Morgan fingerprint density at radius 1 is 1.08 bits per heavy atom. The number of hydrogen-bond donors (Lipinski definition) is 1. The van der Waals surface area contributed by atoms with Crippen LogP contribution in [-0.4, -0.2) is 40.3 Å². The highest BCUT2D eigenvalue weighted by atomic mass is 32.2. The first kappa shape index (κ1) is 19.6. The van der Waals surface area contributed by atoms with Gasteiger partial charge in [0.2, 0.25) is 5.91 Å². The largest absolute Gasteiger partial charge is 0.493 e. The second kappa shape index (κ2) is 9.08. The molecule has 1 amide bonds. The average molecular weight is 369 g/mol. The van der Waals surface area contributed by atoms with Crippen LogP contribution in [0.4, 0.5) is 0 Å². The van der Waals surface area contributed by atoms with Crippen molar-refractivity contribution in [3.05, 3.63) is 18.2 Å². The molecule has 2 rings (SSSR count). The molecule has 0 saturated heterocycles. The molecule has 140 valence electrons. The summed E-state index contributed by atoms with van der Waals surface area (Å²) in [5.74, 6) is 0.399. The van der Waals surface area contributed by atoms with E-state index in [2.05, 4.69) is 5.32 Å². The maximum atomic E-state index is 12.5. The maximum absolute atomic E-state index is 12.5. The number of carbonyl (C=O) groups is 1. The molecule has 0 unspecified atom stereocenters. The molecule has 7 heteroatoms. The lowest BCUT2D eigenvalue weighted by Gasteiger charge is -2.16. The number of nitrogens with one attached hydrogen (secondary N) is 1. The highest BCUT2D eigenvalue weighted by Crippen LogP contribution is 2.30. The lowest BCUT2D eigenvalue weighted by Crippen LogP contribution is -2.35. The predicted molar refractivity (Wildman–Crippen MR) is 95.8 cm³/mol. The van der Waals surface area contributed by atoms with Gasteiger partial charge in [-0.1, -0.05) is 25.7 Å². The van der Waals surface area contributed by atoms with Crippen LogP contribution >= 0.6 is 0 Å².